The molecule has 25 heavy (non-hydrogen) atoms. The molecule has 0 aromatic heterocycles. The summed E-state index contributed by atoms with van der Waals surface area (Å²) in [5.41, 5.74) is 3.23. The lowest BCUT2D eigenvalue weighted by Gasteiger charge is -2.21. The van der Waals surface area contributed by atoms with E-state index in [1.807, 2.05) is 43.3 Å². The summed E-state index contributed by atoms with van der Waals surface area (Å²) in [6, 6.07) is 15.3. The summed E-state index contributed by atoms with van der Waals surface area (Å²) in [6.07, 6.45) is 0.277. The second kappa shape index (κ2) is 9.23. The maximum atomic E-state index is 12.1. The van der Waals surface area contributed by atoms with Gasteiger partial charge in [-0.3, -0.25) is 9.59 Å². The zero-order valence-electron chi connectivity index (χ0n) is 14.6. The van der Waals surface area contributed by atoms with Gasteiger partial charge in [-0.15, -0.1) is 0 Å². The molecule has 1 N–H and O–H groups in total. The third-order valence-electron chi connectivity index (χ3n) is 4.08. The van der Waals surface area contributed by atoms with Gasteiger partial charge in [0, 0.05) is 38.0 Å². The third kappa shape index (κ3) is 6.24. The van der Waals surface area contributed by atoms with Crippen molar-refractivity contribution in [1.29, 1.82) is 0 Å². The van der Waals surface area contributed by atoms with Crippen molar-refractivity contribution in [2.45, 2.75) is 33.4 Å². The average Bonchev–Trinajstić information content (AvgIpc) is 2.59. The molecular formula is C20H23ClN2O2. The van der Waals surface area contributed by atoms with E-state index in [4.69, 9.17) is 11.6 Å². The van der Waals surface area contributed by atoms with Crippen molar-refractivity contribution in [3.63, 3.8) is 0 Å². The van der Waals surface area contributed by atoms with E-state index in [9.17, 15) is 9.59 Å². The number of aryl methyl sites for hydroxylation is 1. The molecule has 4 nitrogen and oxygen atoms in total. The number of hydrogen-bond acceptors (Lipinski definition) is 2. The molecule has 2 aromatic carbocycles. The first-order valence-electron chi connectivity index (χ1n) is 8.27. The number of rotatable bonds is 7. The van der Waals surface area contributed by atoms with E-state index in [0.29, 0.717) is 24.7 Å². The van der Waals surface area contributed by atoms with Gasteiger partial charge in [-0.25, -0.2) is 0 Å². The fraction of sp³-hybridized carbons (Fsp3) is 0.300. The van der Waals surface area contributed by atoms with Crippen LogP contribution in [0.3, 0.4) is 0 Å². The van der Waals surface area contributed by atoms with E-state index in [1.165, 1.54) is 6.92 Å². The van der Waals surface area contributed by atoms with Crippen LogP contribution in [0.15, 0.2) is 48.5 Å². The molecule has 0 radical (unpaired) electrons. The van der Waals surface area contributed by atoms with Gasteiger partial charge in [0.15, 0.2) is 0 Å². The monoisotopic (exact) mass is 358 g/mol. The number of nitrogens with zero attached hydrogens (tertiary/aromatic N) is 1. The second-order valence-electron chi connectivity index (χ2n) is 6.02. The number of halogens is 1. The molecule has 2 amide bonds. The number of amides is 2. The summed E-state index contributed by atoms with van der Waals surface area (Å²) in [5.74, 6) is -0.118. The number of carbonyl (C=O) groups excluding carboxylic acids is 2. The standard InChI is InChI=1S/C20H23ClN2O2/c1-15-5-3-4-6-18(15)13-22-20(25)11-12-23(16(2)24)14-17-7-9-19(21)10-8-17/h3-10H,11-14H2,1-2H3,(H,22,25). The molecule has 2 aromatic rings. The summed E-state index contributed by atoms with van der Waals surface area (Å²) < 4.78 is 0. The summed E-state index contributed by atoms with van der Waals surface area (Å²) in [6.45, 7) is 4.89. The topological polar surface area (TPSA) is 49.4 Å². The van der Waals surface area contributed by atoms with Gasteiger partial charge in [0.05, 0.1) is 0 Å². The quantitative estimate of drug-likeness (QED) is 0.820. The van der Waals surface area contributed by atoms with Gasteiger partial charge in [0.25, 0.3) is 0 Å². The SMILES string of the molecule is CC(=O)N(CCC(=O)NCc1ccccc1C)Cc1ccc(Cl)cc1. The predicted octanol–water partition coefficient (Wildman–Crippen LogP) is 3.70. The van der Waals surface area contributed by atoms with Crippen molar-refractivity contribution >= 4 is 23.4 Å². The molecular weight excluding hydrogens is 336 g/mol. The smallest absolute Gasteiger partial charge is 0.222 e. The molecule has 0 bridgehead atoms. The van der Waals surface area contributed by atoms with Crippen LogP contribution >= 0.6 is 11.6 Å². The van der Waals surface area contributed by atoms with Crippen LogP contribution in [0, 0.1) is 6.92 Å². The Kier molecular flexibility index (Phi) is 7.02. The molecule has 0 saturated carbocycles. The van der Waals surface area contributed by atoms with E-state index in [-0.39, 0.29) is 18.2 Å². The lowest BCUT2D eigenvalue weighted by molar-refractivity contribution is -0.130. The van der Waals surface area contributed by atoms with Crippen LogP contribution in [-0.2, 0) is 22.7 Å². The Morgan fingerprint density at radius 1 is 1.08 bits per heavy atom. The zero-order valence-corrected chi connectivity index (χ0v) is 15.3. The second-order valence-corrected chi connectivity index (χ2v) is 6.46. The number of carbonyl (C=O) groups is 2. The molecule has 132 valence electrons. The number of hydrogen-bond donors (Lipinski definition) is 1. The third-order valence-corrected chi connectivity index (χ3v) is 4.33. The Morgan fingerprint density at radius 2 is 1.76 bits per heavy atom. The summed E-state index contributed by atoms with van der Waals surface area (Å²) in [4.78, 5) is 25.6. The minimum atomic E-state index is -0.0643. The number of nitrogens with one attached hydrogen (secondary N) is 1. The lowest BCUT2D eigenvalue weighted by Crippen LogP contribution is -2.33. The van der Waals surface area contributed by atoms with Gasteiger partial charge in [-0.1, -0.05) is 48.0 Å². The molecule has 2 rings (SSSR count). The normalized spacial score (nSPS) is 10.4. The number of benzene rings is 2. The molecule has 0 fully saturated rings. The highest BCUT2D eigenvalue weighted by atomic mass is 35.5. The van der Waals surface area contributed by atoms with E-state index >= 15 is 0 Å². The van der Waals surface area contributed by atoms with Gasteiger partial charge in [0.1, 0.15) is 0 Å². The highest BCUT2D eigenvalue weighted by Crippen LogP contribution is 2.12. The Hall–Kier alpha value is -2.33. The van der Waals surface area contributed by atoms with Crippen molar-refractivity contribution in [2.75, 3.05) is 6.54 Å². The summed E-state index contributed by atoms with van der Waals surface area (Å²) in [7, 11) is 0. The van der Waals surface area contributed by atoms with Crippen LogP contribution < -0.4 is 5.32 Å². The largest absolute Gasteiger partial charge is 0.352 e. The molecule has 0 aliphatic carbocycles. The Balaban J connectivity index is 1.83. The van der Waals surface area contributed by atoms with Gasteiger partial charge < -0.3 is 10.2 Å². The predicted molar refractivity (Wildman–Crippen MR) is 100 cm³/mol. The average molecular weight is 359 g/mol. The van der Waals surface area contributed by atoms with E-state index in [0.717, 1.165) is 16.7 Å². The van der Waals surface area contributed by atoms with Crippen molar-refractivity contribution in [3.05, 3.63) is 70.2 Å². The lowest BCUT2D eigenvalue weighted by atomic mass is 10.1. The first kappa shape index (κ1) is 19.0. The fourth-order valence-electron chi connectivity index (χ4n) is 2.49. The first-order valence-corrected chi connectivity index (χ1v) is 8.64. The Bertz CT molecular complexity index is 729. The minimum absolute atomic E-state index is 0.0540. The van der Waals surface area contributed by atoms with Gasteiger partial charge in [-0.2, -0.15) is 0 Å². The van der Waals surface area contributed by atoms with Crippen LogP contribution in [0.2, 0.25) is 5.02 Å². The highest BCUT2D eigenvalue weighted by molar-refractivity contribution is 6.30. The first-order chi connectivity index (χ1) is 12.0. The highest BCUT2D eigenvalue weighted by Gasteiger charge is 2.12. The Labute approximate surface area is 153 Å². The Morgan fingerprint density at radius 3 is 2.40 bits per heavy atom. The fourth-order valence-corrected chi connectivity index (χ4v) is 2.61. The maximum Gasteiger partial charge on any atom is 0.222 e. The molecule has 5 heteroatoms. The molecule has 0 atom stereocenters. The molecule has 0 saturated heterocycles. The van der Waals surface area contributed by atoms with Gasteiger partial charge in [0.2, 0.25) is 11.8 Å². The van der Waals surface area contributed by atoms with Crippen molar-refractivity contribution in [3.8, 4) is 0 Å². The molecule has 0 heterocycles. The summed E-state index contributed by atoms with van der Waals surface area (Å²) in [5, 5.41) is 3.57. The summed E-state index contributed by atoms with van der Waals surface area (Å²) >= 11 is 5.88. The van der Waals surface area contributed by atoms with Crippen LogP contribution in [-0.4, -0.2) is 23.3 Å². The van der Waals surface area contributed by atoms with Crippen molar-refractivity contribution in [1.82, 2.24) is 10.2 Å². The molecule has 0 aliphatic heterocycles. The van der Waals surface area contributed by atoms with Crippen LogP contribution in [0.1, 0.15) is 30.0 Å². The van der Waals surface area contributed by atoms with E-state index < -0.39 is 0 Å². The van der Waals surface area contributed by atoms with Crippen LogP contribution in [0.4, 0.5) is 0 Å². The van der Waals surface area contributed by atoms with Gasteiger partial charge in [-0.05, 0) is 35.7 Å². The zero-order chi connectivity index (χ0) is 18.2. The molecule has 0 aliphatic rings. The molecule has 0 unspecified atom stereocenters. The minimum Gasteiger partial charge on any atom is -0.352 e. The van der Waals surface area contributed by atoms with Crippen molar-refractivity contribution in [2.24, 2.45) is 0 Å². The van der Waals surface area contributed by atoms with Crippen LogP contribution in [0.25, 0.3) is 0 Å². The van der Waals surface area contributed by atoms with Crippen molar-refractivity contribution < 1.29 is 9.59 Å². The van der Waals surface area contributed by atoms with Gasteiger partial charge >= 0.3 is 0 Å². The molecule has 0 spiro atoms. The maximum absolute atomic E-state index is 12.1. The van der Waals surface area contributed by atoms with Crippen LogP contribution in [0.5, 0.6) is 0 Å². The van der Waals surface area contributed by atoms with E-state index in [2.05, 4.69) is 5.32 Å². The van der Waals surface area contributed by atoms with E-state index in [1.54, 1.807) is 17.0 Å².